The van der Waals surface area contributed by atoms with Gasteiger partial charge in [-0.05, 0) is 37.3 Å². The maximum atomic E-state index is 14.4. The minimum Gasteiger partial charge on any atom is -0.481 e. The van der Waals surface area contributed by atoms with E-state index in [0.717, 1.165) is 5.52 Å². The van der Waals surface area contributed by atoms with E-state index in [-0.39, 0.29) is 31.6 Å². The second kappa shape index (κ2) is 9.53. The Bertz CT molecular complexity index is 1230. The highest BCUT2D eigenvalue weighted by atomic mass is 16.5. The number of benzene rings is 1. The molecule has 5 rings (SSSR count). The number of para-hydroxylation sites is 1. The lowest BCUT2D eigenvalue weighted by molar-refractivity contribution is -0.154. The Kier molecular flexibility index (Phi) is 6.53. The predicted molar refractivity (Wildman–Crippen MR) is 132 cm³/mol. The van der Waals surface area contributed by atoms with Crippen LogP contribution in [0.4, 0.5) is 0 Å². The molecule has 1 aromatic heterocycles. The number of ether oxygens (including phenoxy) is 1. The molecular weight excluding hydrogens is 478 g/mol. The van der Waals surface area contributed by atoms with E-state index >= 15 is 0 Å². The van der Waals surface area contributed by atoms with Gasteiger partial charge in [0.2, 0.25) is 11.8 Å². The van der Waals surface area contributed by atoms with E-state index in [9.17, 15) is 24.6 Å². The minimum atomic E-state index is -1.25. The summed E-state index contributed by atoms with van der Waals surface area (Å²) < 4.78 is 7.90. The number of carboxylic acids is 1. The van der Waals surface area contributed by atoms with E-state index in [0.29, 0.717) is 24.8 Å². The second-order valence-electron chi connectivity index (χ2n) is 10.7. The number of fused-ring (bicyclic) bond motifs is 2. The van der Waals surface area contributed by atoms with Gasteiger partial charge in [-0.2, -0.15) is 0 Å². The molecule has 2 amide bonds. The molecule has 0 aliphatic carbocycles. The van der Waals surface area contributed by atoms with Crippen molar-refractivity contribution >= 4 is 28.8 Å². The zero-order chi connectivity index (χ0) is 26.5. The molecule has 11 nitrogen and oxygen atoms in total. The average Bonchev–Trinajstić information content (AvgIpc) is 3.61. The number of carbonyl (C=O) groups excluding carboxylic acids is 2. The standard InChI is InChI=1S/C26H33N5O6/c1-4-11-29(14-30-18-8-6-5-7-17(18)27-28-30)24(34)22-26-10-9-19(37-26)20(25(35)36)21(26)23(33)31(22)16(13-32)12-15(2)3/h4-8,15-16,19-22,32H,1,9-14H2,2-3H3,(H,35,36)/t16-,19+,20-,21+,22?,26?/m1/s1. The zero-order valence-corrected chi connectivity index (χ0v) is 21.1. The Labute approximate surface area is 214 Å². The lowest BCUT2D eigenvalue weighted by atomic mass is 9.70. The van der Waals surface area contributed by atoms with Crippen molar-refractivity contribution in [1.82, 2.24) is 24.8 Å². The highest BCUT2D eigenvalue weighted by molar-refractivity contribution is 5.98. The van der Waals surface area contributed by atoms with Crippen LogP contribution in [0.25, 0.3) is 11.0 Å². The summed E-state index contributed by atoms with van der Waals surface area (Å²) in [6, 6.07) is 5.69. The predicted octanol–water partition coefficient (Wildman–Crippen LogP) is 1.27. The van der Waals surface area contributed by atoms with Gasteiger partial charge in [0.15, 0.2) is 0 Å². The van der Waals surface area contributed by atoms with Gasteiger partial charge in [0.1, 0.15) is 23.8 Å². The molecule has 3 saturated heterocycles. The van der Waals surface area contributed by atoms with E-state index in [2.05, 4.69) is 16.9 Å². The molecule has 198 valence electrons. The molecule has 3 fully saturated rings. The lowest BCUT2D eigenvalue weighted by Gasteiger charge is -2.39. The summed E-state index contributed by atoms with van der Waals surface area (Å²) in [7, 11) is 0. The fraction of sp³-hybridized carbons (Fsp3) is 0.577. The van der Waals surface area contributed by atoms with Crippen LogP contribution >= 0.6 is 0 Å². The molecule has 2 N–H and O–H groups in total. The number of aliphatic hydroxyl groups is 1. The van der Waals surface area contributed by atoms with Gasteiger partial charge in [-0.15, -0.1) is 11.7 Å². The van der Waals surface area contributed by atoms with Gasteiger partial charge in [0.05, 0.1) is 36.1 Å². The number of likely N-dealkylation sites (tertiary alicyclic amines) is 1. The molecule has 3 aliphatic heterocycles. The molecule has 1 aromatic carbocycles. The maximum absolute atomic E-state index is 14.4. The van der Waals surface area contributed by atoms with E-state index < -0.39 is 47.5 Å². The first-order chi connectivity index (χ1) is 17.7. The summed E-state index contributed by atoms with van der Waals surface area (Å²) in [6.07, 6.45) is 2.30. The number of hydrogen-bond donors (Lipinski definition) is 2. The van der Waals surface area contributed by atoms with Gasteiger partial charge in [-0.1, -0.05) is 37.3 Å². The summed E-state index contributed by atoms with van der Waals surface area (Å²) in [4.78, 5) is 43.5. The summed E-state index contributed by atoms with van der Waals surface area (Å²) in [5.41, 5.74) is 0.178. The van der Waals surface area contributed by atoms with Gasteiger partial charge < -0.3 is 24.7 Å². The van der Waals surface area contributed by atoms with E-state index in [4.69, 9.17) is 4.74 Å². The molecule has 2 bridgehead atoms. The summed E-state index contributed by atoms with van der Waals surface area (Å²) in [6.45, 7) is 7.64. The monoisotopic (exact) mass is 511 g/mol. The molecule has 37 heavy (non-hydrogen) atoms. The number of nitrogens with zero attached hydrogens (tertiary/aromatic N) is 5. The van der Waals surface area contributed by atoms with Crippen molar-refractivity contribution in [2.75, 3.05) is 13.2 Å². The SMILES string of the molecule is C=CCN(Cn1nnc2ccccc21)C(=O)C1N([C@@H](CO)CC(C)C)C(=O)[C@@H]2[C@H](C(=O)O)[C@@H]3CCC12O3. The van der Waals surface area contributed by atoms with Crippen molar-refractivity contribution in [2.24, 2.45) is 17.8 Å². The van der Waals surface area contributed by atoms with E-state index in [1.807, 2.05) is 38.1 Å². The van der Waals surface area contributed by atoms with Crippen molar-refractivity contribution in [2.45, 2.75) is 63.6 Å². The topological polar surface area (TPSA) is 138 Å². The maximum Gasteiger partial charge on any atom is 0.310 e. The van der Waals surface area contributed by atoms with Gasteiger partial charge in [-0.3, -0.25) is 14.4 Å². The number of aliphatic carboxylic acids is 1. The van der Waals surface area contributed by atoms with Crippen LogP contribution in [0.2, 0.25) is 0 Å². The molecule has 2 aromatic rings. The van der Waals surface area contributed by atoms with Gasteiger partial charge in [0, 0.05) is 6.54 Å². The molecule has 2 unspecified atom stereocenters. The largest absolute Gasteiger partial charge is 0.481 e. The fourth-order valence-electron chi connectivity index (χ4n) is 6.60. The lowest BCUT2D eigenvalue weighted by Crippen LogP contribution is -2.59. The Hall–Kier alpha value is -3.31. The molecule has 4 heterocycles. The molecule has 3 aliphatic rings. The fourth-order valence-corrected chi connectivity index (χ4v) is 6.60. The molecule has 11 heteroatoms. The van der Waals surface area contributed by atoms with Crippen molar-refractivity contribution < 1.29 is 29.3 Å². The van der Waals surface area contributed by atoms with Crippen LogP contribution in [0, 0.1) is 17.8 Å². The quantitative estimate of drug-likeness (QED) is 0.455. The summed E-state index contributed by atoms with van der Waals surface area (Å²) in [5.74, 6) is -3.78. The zero-order valence-electron chi connectivity index (χ0n) is 21.1. The first kappa shape index (κ1) is 25.3. The van der Waals surface area contributed by atoms with Crippen molar-refractivity contribution in [3.8, 4) is 0 Å². The number of hydrogen-bond acceptors (Lipinski definition) is 7. The third-order valence-corrected chi connectivity index (χ3v) is 7.99. The number of carbonyl (C=O) groups is 3. The smallest absolute Gasteiger partial charge is 0.310 e. The van der Waals surface area contributed by atoms with Crippen LogP contribution < -0.4 is 0 Å². The van der Waals surface area contributed by atoms with E-state index in [1.54, 1.807) is 10.8 Å². The summed E-state index contributed by atoms with van der Waals surface area (Å²) in [5, 5.41) is 28.7. The van der Waals surface area contributed by atoms with Crippen LogP contribution in [-0.2, 0) is 25.8 Å². The van der Waals surface area contributed by atoms with Crippen LogP contribution in [0.3, 0.4) is 0 Å². The molecule has 6 atom stereocenters. The third kappa shape index (κ3) is 3.91. The number of amides is 2. The molecule has 0 saturated carbocycles. The second-order valence-corrected chi connectivity index (χ2v) is 10.7. The Morgan fingerprint density at radius 3 is 2.78 bits per heavy atom. The first-order valence-corrected chi connectivity index (χ1v) is 12.7. The molecule has 0 radical (unpaired) electrons. The Balaban J connectivity index is 1.56. The van der Waals surface area contributed by atoms with E-state index in [1.165, 1.54) is 9.80 Å². The molecular formula is C26H33N5O6. The van der Waals surface area contributed by atoms with Crippen molar-refractivity contribution in [3.05, 3.63) is 36.9 Å². The Morgan fingerprint density at radius 2 is 2.11 bits per heavy atom. The van der Waals surface area contributed by atoms with Gasteiger partial charge >= 0.3 is 5.97 Å². The highest BCUT2D eigenvalue weighted by Crippen LogP contribution is 2.59. The number of rotatable bonds is 10. The number of aromatic nitrogens is 3. The van der Waals surface area contributed by atoms with Crippen LogP contribution in [0.15, 0.2) is 36.9 Å². The van der Waals surface area contributed by atoms with Gasteiger partial charge in [0.25, 0.3) is 0 Å². The molecule has 1 spiro atoms. The average molecular weight is 512 g/mol. The normalized spacial score (nSPS) is 29.2. The van der Waals surface area contributed by atoms with Crippen LogP contribution in [0.1, 0.15) is 33.1 Å². The van der Waals surface area contributed by atoms with Gasteiger partial charge in [-0.25, -0.2) is 4.68 Å². The highest BCUT2D eigenvalue weighted by Gasteiger charge is 2.75. The number of carboxylic acid groups (broad SMARTS) is 1. The van der Waals surface area contributed by atoms with Crippen molar-refractivity contribution in [1.29, 1.82) is 0 Å². The van der Waals surface area contributed by atoms with Crippen molar-refractivity contribution in [3.63, 3.8) is 0 Å². The van der Waals surface area contributed by atoms with Crippen LogP contribution in [0.5, 0.6) is 0 Å². The first-order valence-electron chi connectivity index (χ1n) is 12.7. The minimum absolute atomic E-state index is 0.0599. The third-order valence-electron chi connectivity index (χ3n) is 7.99. The Morgan fingerprint density at radius 1 is 1.35 bits per heavy atom. The number of aliphatic hydroxyl groups excluding tert-OH is 1. The summed E-state index contributed by atoms with van der Waals surface area (Å²) >= 11 is 0. The van der Waals surface area contributed by atoms with Crippen LogP contribution in [-0.4, -0.2) is 89.7 Å².